The van der Waals surface area contributed by atoms with Gasteiger partial charge in [0, 0.05) is 80.6 Å². The van der Waals surface area contributed by atoms with Gasteiger partial charge in [0.2, 0.25) is 0 Å². The topological polar surface area (TPSA) is 288 Å². The SMILES string of the molecule is CNC(=O)NC[C@H](CC(C)C)NC(=O)NC[C@H](C)NC(=O)NC[C@@H](NC(=O)NC[C@H](CC(C)C)NC(=O)NC[C@H](C)NC(=O)NC[C@@H](NC(=O)Nc1ccc(Br)cc1)C(C)C)C(C)C. The lowest BCUT2D eigenvalue weighted by Crippen LogP contribution is -2.55. The third-order valence-electron chi connectivity index (χ3n) is 9.63. The van der Waals surface area contributed by atoms with Gasteiger partial charge in [-0.05, 0) is 74.6 Å². The highest BCUT2D eigenvalue weighted by molar-refractivity contribution is 9.10. The van der Waals surface area contributed by atoms with Crippen molar-refractivity contribution in [2.75, 3.05) is 51.6 Å². The van der Waals surface area contributed by atoms with E-state index in [1.54, 1.807) is 26.0 Å². The van der Waals surface area contributed by atoms with Crippen molar-refractivity contribution >= 4 is 63.8 Å². The maximum Gasteiger partial charge on any atom is 0.319 e. The molecule has 0 unspecified atom stereocenters. The molecule has 0 aliphatic rings. The number of amides is 14. The lowest BCUT2D eigenvalue weighted by Gasteiger charge is -2.26. The number of nitrogens with one attached hydrogen (secondary N) is 14. The molecular formula is C42H77BrN14O7. The Morgan fingerprint density at radius 2 is 0.781 bits per heavy atom. The molecule has 14 N–H and O–H groups in total. The minimum absolute atomic E-state index is 0.0273. The van der Waals surface area contributed by atoms with Crippen LogP contribution >= 0.6 is 15.9 Å². The summed E-state index contributed by atoms with van der Waals surface area (Å²) < 4.78 is 0.891. The molecule has 1 aromatic carbocycles. The molecule has 6 atom stereocenters. The van der Waals surface area contributed by atoms with Crippen molar-refractivity contribution in [1.29, 1.82) is 0 Å². The van der Waals surface area contributed by atoms with Gasteiger partial charge in [0.1, 0.15) is 0 Å². The number of anilines is 1. The van der Waals surface area contributed by atoms with Gasteiger partial charge in [-0.15, -0.1) is 0 Å². The third-order valence-corrected chi connectivity index (χ3v) is 10.2. The molecule has 0 fully saturated rings. The van der Waals surface area contributed by atoms with E-state index in [2.05, 4.69) is 90.4 Å². The quantitative estimate of drug-likeness (QED) is 0.0690. The van der Waals surface area contributed by atoms with Gasteiger partial charge in [0.25, 0.3) is 0 Å². The third kappa shape index (κ3) is 26.9. The van der Waals surface area contributed by atoms with Gasteiger partial charge in [-0.3, -0.25) is 0 Å². The molecule has 0 saturated carbocycles. The Bertz CT molecular complexity index is 1600. The fraction of sp³-hybridized carbons (Fsp3) is 0.690. The second kappa shape index (κ2) is 30.6. The van der Waals surface area contributed by atoms with E-state index in [1.807, 2.05) is 67.5 Å². The molecule has 0 aliphatic carbocycles. The Balaban J connectivity index is 2.52. The van der Waals surface area contributed by atoms with Crippen LogP contribution in [0.15, 0.2) is 28.7 Å². The molecule has 14 amide bonds. The summed E-state index contributed by atoms with van der Waals surface area (Å²) in [7, 11) is 1.51. The van der Waals surface area contributed by atoms with Crippen LogP contribution < -0.4 is 74.4 Å². The Morgan fingerprint density at radius 3 is 1.17 bits per heavy atom. The van der Waals surface area contributed by atoms with E-state index >= 15 is 0 Å². The molecule has 21 nitrogen and oxygen atoms in total. The van der Waals surface area contributed by atoms with Crippen LogP contribution in [0.4, 0.5) is 39.2 Å². The van der Waals surface area contributed by atoms with E-state index in [1.165, 1.54) is 7.05 Å². The summed E-state index contributed by atoms with van der Waals surface area (Å²) in [4.78, 5) is 88.0. The van der Waals surface area contributed by atoms with Crippen LogP contribution in [-0.4, -0.2) is 125 Å². The van der Waals surface area contributed by atoms with E-state index in [-0.39, 0.29) is 81.1 Å². The number of carbonyl (C=O) groups is 7. The molecule has 0 aliphatic heterocycles. The molecule has 64 heavy (non-hydrogen) atoms. The van der Waals surface area contributed by atoms with E-state index < -0.39 is 60.4 Å². The Labute approximate surface area is 387 Å². The largest absolute Gasteiger partial charge is 0.341 e. The van der Waals surface area contributed by atoms with Crippen LogP contribution in [0.25, 0.3) is 0 Å². The van der Waals surface area contributed by atoms with E-state index in [0.29, 0.717) is 18.5 Å². The first-order chi connectivity index (χ1) is 30.1. The van der Waals surface area contributed by atoms with Gasteiger partial charge in [-0.25, -0.2) is 33.6 Å². The van der Waals surface area contributed by atoms with Crippen molar-refractivity contribution in [2.45, 2.75) is 118 Å². The minimum atomic E-state index is -0.473. The van der Waals surface area contributed by atoms with Crippen molar-refractivity contribution in [2.24, 2.45) is 23.7 Å². The van der Waals surface area contributed by atoms with Crippen molar-refractivity contribution in [3.05, 3.63) is 28.7 Å². The van der Waals surface area contributed by atoms with Crippen LogP contribution in [0, 0.1) is 23.7 Å². The predicted molar refractivity (Wildman–Crippen MR) is 254 cm³/mol. The van der Waals surface area contributed by atoms with Crippen molar-refractivity contribution in [3.63, 3.8) is 0 Å². The number of rotatable bonds is 25. The van der Waals surface area contributed by atoms with Gasteiger partial charge in [-0.2, -0.15) is 0 Å². The predicted octanol–water partition coefficient (Wildman–Crippen LogP) is 3.65. The first-order valence-electron chi connectivity index (χ1n) is 22.1. The summed E-state index contributed by atoms with van der Waals surface area (Å²) >= 11 is 3.37. The first-order valence-corrected chi connectivity index (χ1v) is 22.9. The molecule has 364 valence electrons. The Morgan fingerprint density at radius 1 is 0.438 bits per heavy atom. The summed E-state index contributed by atoms with van der Waals surface area (Å²) in [5, 5.41) is 39.0. The van der Waals surface area contributed by atoms with Gasteiger partial charge in [0.05, 0.1) is 12.1 Å². The summed E-state index contributed by atoms with van der Waals surface area (Å²) in [6.07, 6.45) is 1.23. The molecular weight excluding hydrogens is 892 g/mol. The van der Waals surface area contributed by atoms with Crippen LogP contribution in [0.3, 0.4) is 0 Å². The Kier molecular flexibility index (Phi) is 27.1. The molecule has 22 heteroatoms. The van der Waals surface area contributed by atoms with Crippen LogP contribution in [0.5, 0.6) is 0 Å². The van der Waals surface area contributed by atoms with E-state index in [9.17, 15) is 33.6 Å². The molecule has 1 rings (SSSR count). The molecule has 0 aromatic heterocycles. The van der Waals surface area contributed by atoms with Crippen LogP contribution in [0.2, 0.25) is 0 Å². The highest BCUT2D eigenvalue weighted by atomic mass is 79.9. The number of hydrogen-bond donors (Lipinski definition) is 14. The van der Waals surface area contributed by atoms with Gasteiger partial charge in [-0.1, -0.05) is 71.3 Å². The number of hydrogen-bond acceptors (Lipinski definition) is 7. The highest BCUT2D eigenvalue weighted by Gasteiger charge is 2.22. The second-order valence-electron chi connectivity index (χ2n) is 17.5. The summed E-state index contributed by atoms with van der Waals surface area (Å²) in [6, 6.07) is 1.84. The normalized spacial score (nSPS) is 13.8. The zero-order chi connectivity index (χ0) is 48.4. The zero-order valence-corrected chi connectivity index (χ0v) is 41.1. The molecule has 0 spiro atoms. The van der Waals surface area contributed by atoms with E-state index in [4.69, 9.17) is 0 Å². The maximum atomic E-state index is 13.0. The van der Waals surface area contributed by atoms with Crippen molar-refractivity contribution in [3.8, 4) is 0 Å². The molecule has 0 radical (unpaired) electrons. The monoisotopic (exact) mass is 969 g/mol. The van der Waals surface area contributed by atoms with Crippen molar-refractivity contribution < 1.29 is 33.6 Å². The molecule has 0 heterocycles. The summed E-state index contributed by atoms with van der Waals surface area (Å²) in [5.41, 5.74) is 0.630. The highest BCUT2D eigenvalue weighted by Crippen LogP contribution is 2.14. The number of benzene rings is 1. The zero-order valence-electron chi connectivity index (χ0n) is 39.5. The number of urea groups is 7. The molecule has 0 saturated heterocycles. The second-order valence-corrected chi connectivity index (χ2v) is 18.4. The van der Waals surface area contributed by atoms with Crippen molar-refractivity contribution in [1.82, 2.24) is 69.1 Å². The minimum Gasteiger partial charge on any atom is -0.341 e. The molecule has 1 aromatic rings. The average molecular weight is 970 g/mol. The lowest BCUT2D eigenvalue weighted by molar-refractivity contribution is 0.221. The standard InChI is InChI=1S/C42H77BrN14O7/c1-24(2)16-32(20-47-36(58)44-11)54-39(61)45-18-28(9)51-37(59)49-22-34(26(5)6)56-41(63)48-21-33(17-25(3)4)55-40(62)46-19-29(10)52-38(60)50-23-35(27(7)8)57-42(64)53-31-14-12-30(43)13-15-31/h12-15,24-29,32-35H,16-23H2,1-11H3,(H2,44,47,58)(H2,45,54,61)(H2,46,55,62)(H2,48,56,63)(H2,49,51,59)(H2,50,52,60)(H2,53,57,64)/t28-,29-,32-,33-,34+,35+/m0/s1. The fourth-order valence-corrected chi connectivity index (χ4v) is 6.33. The van der Waals surface area contributed by atoms with Gasteiger partial charge in [0.15, 0.2) is 0 Å². The molecule has 0 bridgehead atoms. The number of carbonyl (C=O) groups excluding carboxylic acids is 7. The van der Waals surface area contributed by atoms with Gasteiger partial charge >= 0.3 is 42.2 Å². The fourth-order valence-electron chi connectivity index (χ4n) is 6.06. The maximum absolute atomic E-state index is 13.0. The number of halogens is 1. The summed E-state index contributed by atoms with van der Waals surface area (Å²) in [5.74, 6) is 0.475. The van der Waals surface area contributed by atoms with Crippen LogP contribution in [-0.2, 0) is 0 Å². The lowest BCUT2D eigenvalue weighted by atomic mass is 10.0. The smallest absolute Gasteiger partial charge is 0.319 e. The van der Waals surface area contributed by atoms with E-state index in [0.717, 1.165) is 4.47 Å². The summed E-state index contributed by atoms with van der Waals surface area (Å²) in [6.45, 7) is 20.2. The van der Waals surface area contributed by atoms with Crippen LogP contribution in [0.1, 0.15) is 82.1 Å². The Hall–Kier alpha value is -5.41. The average Bonchev–Trinajstić information content (AvgIpc) is 3.20. The van der Waals surface area contributed by atoms with Gasteiger partial charge < -0.3 is 74.4 Å². The first kappa shape index (κ1) is 56.6.